The van der Waals surface area contributed by atoms with E-state index in [1.54, 1.807) is 0 Å². The number of benzene rings is 7. The molecule has 8 rings (SSSR count). The van der Waals surface area contributed by atoms with Gasteiger partial charge in [0.1, 0.15) is 6.07 Å². The molecule has 4 heteroatoms. The summed E-state index contributed by atoms with van der Waals surface area (Å²) in [5.41, 5.74) is 10.4. The summed E-state index contributed by atoms with van der Waals surface area (Å²) < 4.78 is 2.06. The first kappa shape index (κ1) is 28.6. The summed E-state index contributed by atoms with van der Waals surface area (Å²) in [5, 5.41) is 12.8. The number of fused-ring (bicyclic) bond motifs is 3. The van der Waals surface area contributed by atoms with Crippen molar-refractivity contribution in [1.82, 2.24) is 4.57 Å². The molecule has 4 nitrogen and oxygen atoms in total. The van der Waals surface area contributed by atoms with Crippen LogP contribution >= 0.6 is 0 Å². The molecular formula is C44H28N4. The van der Waals surface area contributed by atoms with E-state index in [4.69, 9.17) is 6.57 Å². The number of rotatable bonds is 6. The van der Waals surface area contributed by atoms with E-state index in [0.717, 1.165) is 61.1 Å². The van der Waals surface area contributed by atoms with Crippen LogP contribution in [0.2, 0.25) is 0 Å². The predicted molar refractivity (Wildman–Crippen MR) is 197 cm³/mol. The summed E-state index contributed by atoms with van der Waals surface area (Å²) in [6.07, 6.45) is 0. The third-order valence-electron chi connectivity index (χ3n) is 8.84. The van der Waals surface area contributed by atoms with Crippen LogP contribution in [0, 0.1) is 17.9 Å². The van der Waals surface area contributed by atoms with Gasteiger partial charge in [-0.15, -0.1) is 0 Å². The molecule has 0 bridgehead atoms. The molecule has 48 heavy (non-hydrogen) atoms. The molecule has 0 aliphatic carbocycles. The first-order chi connectivity index (χ1) is 23.7. The summed E-state index contributed by atoms with van der Waals surface area (Å²) in [6, 6.07) is 60.0. The second-order valence-electron chi connectivity index (χ2n) is 11.6. The smallest absolute Gasteiger partial charge is 0.214 e. The van der Waals surface area contributed by atoms with E-state index < -0.39 is 0 Å². The Labute approximate surface area is 279 Å². The van der Waals surface area contributed by atoms with Gasteiger partial charge < -0.3 is 9.47 Å². The maximum atomic E-state index is 10.7. The summed E-state index contributed by atoms with van der Waals surface area (Å²) in [6.45, 7) is 8.35. The Morgan fingerprint density at radius 3 is 1.40 bits per heavy atom. The second-order valence-corrected chi connectivity index (χ2v) is 11.6. The maximum Gasteiger partial charge on any atom is 0.214 e. The van der Waals surface area contributed by atoms with Gasteiger partial charge in [-0.2, -0.15) is 5.26 Å². The molecule has 0 spiro atoms. The van der Waals surface area contributed by atoms with E-state index in [1.807, 2.05) is 84.9 Å². The Kier molecular flexibility index (Phi) is 7.23. The van der Waals surface area contributed by atoms with E-state index >= 15 is 0 Å². The van der Waals surface area contributed by atoms with E-state index in [1.165, 1.54) is 0 Å². The monoisotopic (exact) mass is 612 g/mol. The maximum absolute atomic E-state index is 10.7. The van der Waals surface area contributed by atoms with Crippen LogP contribution in [0.3, 0.4) is 0 Å². The molecule has 0 radical (unpaired) electrons. The summed E-state index contributed by atoms with van der Waals surface area (Å²) in [7, 11) is 0. The number of hydrogen-bond donors (Lipinski definition) is 0. The highest BCUT2D eigenvalue weighted by atomic mass is 15.1. The average molecular weight is 613 g/mol. The third-order valence-corrected chi connectivity index (χ3v) is 8.84. The Bertz CT molecular complexity index is 2330. The Morgan fingerprint density at radius 2 is 0.938 bits per heavy atom. The lowest BCUT2D eigenvalue weighted by molar-refractivity contribution is 1.17. The van der Waals surface area contributed by atoms with Crippen LogP contribution in [-0.2, 0) is 0 Å². The molecule has 0 N–H and O–H groups in total. The Balaban J connectivity index is 1.32. The van der Waals surface area contributed by atoms with E-state index in [2.05, 4.69) is 105 Å². The topological polar surface area (TPSA) is 36.3 Å². The van der Waals surface area contributed by atoms with Gasteiger partial charge in [0.15, 0.2) is 0 Å². The fourth-order valence-corrected chi connectivity index (χ4v) is 6.62. The first-order valence-corrected chi connectivity index (χ1v) is 15.8. The van der Waals surface area contributed by atoms with E-state index in [9.17, 15) is 5.26 Å². The van der Waals surface area contributed by atoms with Gasteiger partial charge in [-0.1, -0.05) is 121 Å². The lowest BCUT2D eigenvalue weighted by Crippen LogP contribution is -2.11. The molecule has 1 aromatic heterocycles. The van der Waals surface area contributed by atoms with Crippen molar-refractivity contribution in [1.29, 1.82) is 5.26 Å². The molecule has 1 heterocycles. The van der Waals surface area contributed by atoms with Crippen molar-refractivity contribution in [2.24, 2.45) is 0 Å². The van der Waals surface area contributed by atoms with Crippen molar-refractivity contribution in [3.8, 4) is 34.0 Å². The average Bonchev–Trinajstić information content (AvgIpc) is 3.50. The third kappa shape index (κ3) is 4.95. The van der Waals surface area contributed by atoms with Gasteiger partial charge in [-0.3, -0.25) is 0 Å². The van der Waals surface area contributed by atoms with Crippen molar-refractivity contribution in [3.63, 3.8) is 0 Å². The van der Waals surface area contributed by atoms with Crippen molar-refractivity contribution in [2.75, 3.05) is 4.90 Å². The number of hydrogen-bond acceptors (Lipinski definition) is 2. The number of nitrogens with zero attached hydrogens (tertiary/aromatic N) is 4. The lowest BCUT2D eigenvalue weighted by atomic mass is 10.0. The van der Waals surface area contributed by atoms with Crippen molar-refractivity contribution in [3.05, 3.63) is 187 Å². The van der Waals surface area contributed by atoms with Gasteiger partial charge in [-0.05, 0) is 70.8 Å². The van der Waals surface area contributed by atoms with Crippen LogP contribution < -0.4 is 4.90 Å². The van der Waals surface area contributed by atoms with Crippen LogP contribution in [0.15, 0.2) is 170 Å². The largest absolute Gasteiger partial charge is 0.318 e. The first-order valence-electron chi connectivity index (χ1n) is 15.8. The van der Waals surface area contributed by atoms with Crippen LogP contribution in [0.1, 0.15) is 5.56 Å². The lowest BCUT2D eigenvalue weighted by Gasteiger charge is -2.27. The van der Waals surface area contributed by atoms with Crippen LogP contribution in [-0.4, -0.2) is 4.57 Å². The molecule has 0 unspecified atom stereocenters. The highest BCUT2D eigenvalue weighted by Gasteiger charge is 2.22. The van der Waals surface area contributed by atoms with Crippen molar-refractivity contribution < 1.29 is 0 Å². The minimum absolute atomic E-state index is 0.405. The SMILES string of the molecule is [C-]#[N+]c1cc(N(c2ccc(-c3ccccc3)cc2)c2ccc(-c3ccccc3)cc2)cc(C#N)c1-n1c2ccccc2c2ccccc21. The number of nitriles is 1. The van der Waals surface area contributed by atoms with Crippen LogP contribution in [0.4, 0.5) is 22.7 Å². The van der Waals surface area contributed by atoms with Gasteiger partial charge in [0, 0.05) is 27.8 Å². The highest BCUT2D eigenvalue weighted by molar-refractivity contribution is 6.10. The molecule has 0 aliphatic rings. The zero-order chi connectivity index (χ0) is 32.5. The minimum atomic E-state index is 0.405. The number of aromatic nitrogens is 1. The molecule has 0 saturated carbocycles. The highest BCUT2D eigenvalue weighted by Crippen LogP contribution is 2.43. The molecule has 0 amide bonds. The molecule has 0 fully saturated rings. The standard InChI is InChI=1S/C44H28N4/c1-46-41-29-38(28-35(30-45)44(41)48-42-18-10-8-16-39(42)40-17-9-11-19-43(40)48)47(36-24-20-33(21-25-36)31-12-4-2-5-13-31)37-26-22-34(23-27-37)32-14-6-3-7-15-32/h2-29H. The molecule has 0 saturated heterocycles. The van der Waals surface area contributed by atoms with Crippen LogP contribution in [0.25, 0.3) is 54.6 Å². The summed E-state index contributed by atoms with van der Waals surface area (Å²) >= 11 is 0. The fourth-order valence-electron chi connectivity index (χ4n) is 6.62. The second kappa shape index (κ2) is 12.1. The minimum Gasteiger partial charge on any atom is -0.318 e. The molecular weight excluding hydrogens is 585 g/mol. The number of para-hydroxylation sites is 2. The van der Waals surface area contributed by atoms with Crippen LogP contribution in [0.5, 0.6) is 0 Å². The van der Waals surface area contributed by atoms with Crippen molar-refractivity contribution in [2.45, 2.75) is 0 Å². The Morgan fingerprint density at radius 1 is 0.500 bits per heavy atom. The van der Waals surface area contributed by atoms with Gasteiger partial charge in [0.05, 0.1) is 28.9 Å². The summed E-state index contributed by atoms with van der Waals surface area (Å²) in [5.74, 6) is 0. The van der Waals surface area contributed by atoms with Gasteiger partial charge in [0.2, 0.25) is 5.69 Å². The fraction of sp³-hybridized carbons (Fsp3) is 0. The molecule has 8 aromatic rings. The molecule has 7 aromatic carbocycles. The Hall–Kier alpha value is -6.88. The molecule has 224 valence electrons. The quantitative estimate of drug-likeness (QED) is 0.175. The van der Waals surface area contributed by atoms with E-state index in [0.29, 0.717) is 16.9 Å². The molecule has 0 aliphatic heterocycles. The number of anilines is 3. The zero-order valence-corrected chi connectivity index (χ0v) is 26.0. The summed E-state index contributed by atoms with van der Waals surface area (Å²) in [4.78, 5) is 6.16. The van der Waals surface area contributed by atoms with Gasteiger partial charge in [-0.25, -0.2) is 4.85 Å². The predicted octanol–water partition coefficient (Wildman–Crippen LogP) is 12.0. The van der Waals surface area contributed by atoms with Gasteiger partial charge >= 0.3 is 0 Å². The van der Waals surface area contributed by atoms with Gasteiger partial charge in [0.25, 0.3) is 0 Å². The zero-order valence-electron chi connectivity index (χ0n) is 26.0. The molecule has 0 atom stereocenters. The van der Waals surface area contributed by atoms with Crippen molar-refractivity contribution >= 4 is 44.6 Å². The normalized spacial score (nSPS) is 10.9. The van der Waals surface area contributed by atoms with E-state index in [-0.39, 0.29) is 0 Å².